The number of anilines is 1. The highest BCUT2D eigenvalue weighted by atomic mass is 32.1. The maximum Gasteiger partial charge on any atom is 0.137 e. The number of pyridine rings is 1. The number of rotatable bonds is 5. The Balaban J connectivity index is 1.93. The molecule has 4 heteroatoms. The number of para-hydroxylation sites is 1. The van der Waals surface area contributed by atoms with Gasteiger partial charge in [-0.1, -0.05) is 43.3 Å². The number of fused-ring (bicyclic) bond motifs is 1. The van der Waals surface area contributed by atoms with Crippen LogP contribution in [0, 0.1) is 5.92 Å². The van der Waals surface area contributed by atoms with Crippen molar-refractivity contribution in [1.29, 1.82) is 0 Å². The Morgan fingerprint density at radius 3 is 2.90 bits per heavy atom. The highest BCUT2D eigenvalue weighted by molar-refractivity contribution is 7.80. The van der Waals surface area contributed by atoms with Gasteiger partial charge in [-0.05, 0) is 31.4 Å². The molecular formula is C16H19N3S. The van der Waals surface area contributed by atoms with E-state index >= 15 is 0 Å². The highest BCUT2D eigenvalue weighted by Crippen LogP contribution is 2.34. The minimum absolute atomic E-state index is 0.393. The van der Waals surface area contributed by atoms with Gasteiger partial charge in [-0.2, -0.15) is 0 Å². The Morgan fingerprint density at radius 2 is 2.20 bits per heavy atom. The van der Waals surface area contributed by atoms with Crippen LogP contribution in [-0.2, 0) is 0 Å². The molecular weight excluding hydrogens is 266 g/mol. The van der Waals surface area contributed by atoms with Gasteiger partial charge in [0.25, 0.3) is 0 Å². The molecule has 104 valence electrons. The Bertz CT molecular complexity index is 649. The number of nitrogens with one attached hydrogen (secondary N) is 1. The van der Waals surface area contributed by atoms with E-state index in [-0.39, 0.29) is 0 Å². The average Bonchev–Trinajstić information content (AvgIpc) is 3.21. The van der Waals surface area contributed by atoms with Crippen molar-refractivity contribution in [3.05, 3.63) is 35.9 Å². The lowest BCUT2D eigenvalue weighted by Gasteiger charge is -2.17. The topological polar surface area (TPSA) is 50.9 Å². The van der Waals surface area contributed by atoms with Gasteiger partial charge in [-0.25, -0.2) is 4.98 Å². The van der Waals surface area contributed by atoms with Crippen molar-refractivity contribution in [3.8, 4) is 0 Å². The molecule has 0 aliphatic heterocycles. The van der Waals surface area contributed by atoms with Crippen molar-refractivity contribution in [3.63, 3.8) is 0 Å². The van der Waals surface area contributed by atoms with E-state index in [1.807, 2.05) is 30.3 Å². The minimum Gasteiger partial charge on any atom is -0.389 e. The summed E-state index contributed by atoms with van der Waals surface area (Å²) in [5, 5.41) is 4.54. The smallest absolute Gasteiger partial charge is 0.137 e. The second kappa shape index (κ2) is 5.37. The molecule has 1 unspecified atom stereocenters. The Morgan fingerprint density at radius 1 is 1.45 bits per heavy atom. The van der Waals surface area contributed by atoms with Crippen LogP contribution >= 0.6 is 12.2 Å². The zero-order valence-electron chi connectivity index (χ0n) is 11.6. The standard InChI is InChI=1S/C16H19N3S/c1-10(8-11-6-7-11)18-16-13(15(17)20)9-12-4-2-3-5-14(12)19-16/h2-5,9-11H,6-8H2,1H3,(H2,17,20)(H,18,19). The number of nitrogens with two attached hydrogens (primary N) is 1. The van der Waals surface area contributed by atoms with Crippen LogP contribution in [0.1, 0.15) is 31.7 Å². The van der Waals surface area contributed by atoms with E-state index in [2.05, 4.69) is 17.2 Å². The van der Waals surface area contributed by atoms with Gasteiger partial charge in [0, 0.05) is 11.4 Å². The molecule has 1 aliphatic rings. The van der Waals surface area contributed by atoms with Gasteiger partial charge in [0.05, 0.1) is 11.1 Å². The van der Waals surface area contributed by atoms with Crippen LogP contribution in [0.4, 0.5) is 5.82 Å². The Hall–Kier alpha value is -1.68. The fourth-order valence-electron chi connectivity index (χ4n) is 2.56. The first-order valence-electron chi connectivity index (χ1n) is 7.09. The number of thiocarbonyl (C=S) groups is 1. The normalized spacial score (nSPS) is 16.1. The molecule has 3 nitrogen and oxygen atoms in total. The van der Waals surface area contributed by atoms with E-state index in [0.717, 1.165) is 28.2 Å². The van der Waals surface area contributed by atoms with Crippen LogP contribution in [0.25, 0.3) is 10.9 Å². The van der Waals surface area contributed by atoms with Gasteiger partial charge in [0.2, 0.25) is 0 Å². The summed E-state index contributed by atoms with van der Waals surface area (Å²) in [6.45, 7) is 2.19. The van der Waals surface area contributed by atoms with Gasteiger partial charge in [-0.3, -0.25) is 0 Å². The lowest BCUT2D eigenvalue weighted by molar-refractivity contribution is 0.640. The summed E-state index contributed by atoms with van der Waals surface area (Å²) in [5.74, 6) is 1.69. The van der Waals surface area contributed by atoms with Crippen molar-refractivity contribution in [2.75, 3.05) is 5.32 Å². The van der Waals surface area contributed by atoms with E-state index in [9.17, 15) is 0 Å². The number of hydrogen-bond acceptors (Lipinski definition) is 3. The van der Waals surface area contributed by atoms with Crippen molar-refractivity contribution in [2.45, 2.75) is 32.2 Å². The third-order valence-electron chi connectivity index (χ3n) is 3.76. The molecule has 1 heterocycles. The molecule has 0 radical (unpaired) electrons. The van der Waals surface area contributed by atoms with Crippen molar-refractivity contribution < 1.29 is 0 Å². The number of hydrogen-bond donors (Lipinski definition) is 2. The maximum absolute atomic E-state index is 5.85. The van der Waals surface area contributed by atoms with E-state index in [1.54, 1.807) is 0 Å². The summed E-state index contributed by atoms with van der Waals surface area (Å²) in [6, 6.07) is 10.4. The summed E-state index contributed by atoms with van der Waals surface area (Å²) < 4.78 is 0. The molecule has 0 bridgehead atoms. The van der Waals surface area contributed by atoms with E-state index < -0.39 is 0 Å². The summed E-state index contributed by atoms with van der Waals surface area (Å²) >= 11 is 5.16. The van der Waals surface area contributed by atoms with Crippen molar-refractivity contribution >= 4 is 33.9 Å². The zero-order valence-corrected chi connectivity index (χ0v) is 12.4. The van der Waals surface area contributed by atoms with Gasteiger partial charge in [0.15, 0.2) is 0 Å². The van der Waals surface area contributed by atoms with Crippen LogP contribution in [0.15, 0.2) is 30.3 Å². The molecule has 3 N–H and O–H groups in total. The molecule has 20 heavy (non-hydrogen) atoms. The summed E-state index contributed by atoms with van der Waals surface area (Å²) in [6.07, 6.45) is 3.91. The van der Waals surface area contributed by atoms with Crippen molar-refractivity contribution in [2.24, 2.45) is 11.7 Å². The Kier molecular flexibility index (Phi) is 3.57. The molecule has 3 rings (SSSR count). The molecule has 0 amide bonds. The maximum atomic E-state index is 5.85. The summed E-state index contributed by atoms with van der Waals surface area (Å²) in [4.78, 5) is 5.08. The quantitative estimate of drug-likeness (QED) is 0.826. The van der Waals surface area contributed by atoms with Crippen LogP contribution in [0.5, 0.6) is 0 Å². The first-order chi connectivity index (χ1) is 9.63. The second-order valence-corrected chi connectivity index (χ2v) is 6.11. The lowest BCUT2D eigenvalue weighted by atomic mass is 10.1. The molecule has 1 aromatic carbocycles. The van der Waals surface area contributed by atoms with Gasteiger partial charge < -0.3 is 11.1 Å². The Labute approximate surface area is 124 Å². The molecule has 1 saturated carbocycles. The van der Waals surface area contributed by atoms with Gasteiger partial charge in [-0.15, -0.1) is 0 Å². The molecule has 1 fully saturated rings. The number of nitrogens with zero attached hydrogens (tertiary/aromatic N) is 1. The summed E-state index contributed by atoms with van der Waals surface area (Å²) in [7, 11) is 0. The van der Waals surface area contributed by atoms with Crippen LogP contribution in [-0.4, -0.2) is 16.0 Å². The van der Waals surface area contributed by atoms with Gasteiger partial charge in [0.1, 0.15) is 10.8 Å². The number of aromatic nitrogens is 1. The molecule has 1 atom stereocenters. The summed E-state index contributed by atoms with van der Waals surface area (Å²) in [5.41, 5.74) is 7.65. The molecule has 2 aromatic rings. The largest absolute Gasteiger partial charge is 0.389 e. The van der Waals surface area contributed by atoms with Crippen LogP contribution in [0.2, 0.25) is 0 Å². The van der Waals surface area contributed by atoms with Gasteiger partial charge >= 0.3 is 0 Å². The monoisotopic (exact) mass is 285 g/mol. The fraction of sp³-hybridized carbons (Fsp3) is 0.375. The third kappa shape index (κ3) is 2.90. The van der Waals surface area contributed by atoms with E-state index in [1.165, 1.54) is 19.3 Å². The first-order valence-corrected chi connectivity index (χ1v) is 7.50. The molecule has 1 aromatic heterocycles. The predicted molar refractivity (Wildman–Crippen MR) is 88.1 cm³/mol. The minimum atomic E-state index is 0.393. The fourth-order valence-corrected chi connectivity index (χ4v) is 2.72. The molecule has 0 spiro atoms. The highest BCUT2D eigenvalue weighted by Gasteiger charge is 2.24. The number of benzene rings is 1. The zero-order chi connectivity index (χ0) is 14.1. The predicted octanol–water partition coefficient (Wildman–Crippen LogP) is 3.47. The third-order valence-corrected chi connectivity index (χ3v) is 3.98. The van der Waals surface area contributed by atoms with E-state index in [4.69, 9.17) is 18.0 Å². The van der Waals surface area contributed by atoms with Crippen LogP contribution < -0.4 is 11.1 Å². The molecule has 1 aliphatic carbocycles. The average molecular weight is 285 g/mol. The van der Waals surface area contributed by atoms with Crippen molar-refractivity contribution in [1.82, 2.24) is 4.98 Å². The molecule has 0 saturated heterocycles. The van der Waals surface area contributed by atoms with Crippen LogP contribution in [0.3, 0.4) is 0 Å². The second-order valence-electron chi connectivity index (χ2n) is 5.67. The lowest BCUT2D eigenvalue weighted by Crippen LogP contribution is -2.21. The van der Waals surface area contributed by atoms with E-state index in [0.29, 0.717) is 11.0 Å². The first kappa shape index (κ1) is 13.3. The SMILES string of the molecule is CC(CC1CC1)Nc1nc2ccccc2cc1C(N)=S.